The van der Waals surface area contributed by atoms with Gasteiger partial charge in [0.1, 0.15) is 11.5 Å². The first kappa shape index (κ1) is 21.0. The third-order valence-corrected chi connectivity index (χ3v) is 6.91. The summed E-state index contributed by atoms with van der Waals surface area (Å²) in [5, 5.41) is 5.36. The largest absolute Gasteiger partial charge is 0.493 e. The Morgan fingerprint density at radius 2 is 1.91 bits per heavy atom. The highest BCUT2D eigenvalue weighted by Crippen LogP contribution is 2.38. The molecule has 1 saturated heterocycles. The van der Waals surface area contributed by atoms with E-state index >= 15 is 0 Å². The molecule has 1 fully saturated rings. The highest BCUT2D eigenvalue weighted by Gasteiger charge is 2.21. The van der Waals surface area contributed by atoms with E-state index in [-0.39, 0.29) is 5.75 Å². The van der Waals surface area contributed by atoms with E-state index in [1.807, 2.05) is 16.9 Å². The van der Waals surface area contributed by atoms with E-state index in [1.54, 1.807) is 24.3 Å². The molecule has 9 heteroatoms. The van der Waals surface area contributed by atoms with E-state index < -0.39 is 11.6 Å². The highest BCUT2D eigenvalue weighted by atomic mass is 32.2. The Hall–Kier alpha value is -2.91. The van der Waals surface area contributed by atoms with Crippen molar-refractivity contribution in [2.75, 3.05) is 26.5 Å². The quantitative estimate of drug-likeness (QED) is 0.414. The van der Waals surface area contributed by atoms with Gasteiger partial charge in [0.15, 0.2) is 11.6 Å². The smallest absolute Gasteiger partial charge is 0.168 e. The van der Waals surface area contributed by atoms with Gasteiger partial charge in [0.2, 0.25) is 0 Å². The van der Waals surface area contributed by atoms with E-state index in [2.05, 4.69) is 31.8 Å². The number of methoxy groups -OCH3 is 1. The summed E-state index contributed by atoms with van der Waals surface area (Å²) in [6, 6.07) is 4.44. The van der Waals surface area contributed by atoms with Gasteiger partial charge in [-0.05, 0) is 31.2 Å². The van der Waals surface area contributed by atoms with Crippen LogP contribution in [0.25, 0.3) is 33.3 Å². The zero-order valence-electron chi connectivity index (χ0n) is 17.8. The molecule has 4 heterocycles. The van der Waals surface area contributed by atoms with Crippen molar-refractivity contribution in [2.24, 2.45) is 0 Å². The number of ether oxygens (including phenoxy) is 1. The maximum atomic E-state index is 14.3. The third kappa shape index (κ3) is 3.75. The van der Waals surface area contributed by atoms with E-state index in [9.17, 15) is 8.78 Å². The monoisotopic (exact) mass is 455 g/mol. The number of aromatic amines is 1. The number of H-pyrrole nitrogens is 1. The van der Waals surface area contributed by atoms with Crippen molar-refractivity contribution >= 4 is 23.0 Å². The Morgan fingerprint density at radius 1 is 1.09 bits per heavy atom. The molecular formula is C23H23F2N5OS. The minimum atomic E-state index is -0.741. The summed E-state index contributed by atoms with van der Waals surface area (Å²) in [6.45, 7) is 2.10. The van der Waals surface area contributed by atoms with Gasteiger partial charge in [-0.2, -0.15) is 5.10 Å². The van der Waals surface area contributed by atoms with Crippen molar-refractivity contribution in [1.82, 2.24) is 24.1 Å². The fourth-order valence-electron chi connectivity index (χ4n) is 4.33. The average molecular weight is 456 g/mol. The number of hydrogen-bond donors (Lipinski definition) is 1. The van der Waals surface area contributed by atoms with Crippen molar-refractivity contribution in [2.45, 2.75) is 18.9 Å². The van der Waals surface area contributed by atoms with Gasteiger partial charge >= 0.3 is 0 Å². The van der Waals surface area contributed by atoms with Gasteiger partial charge in [-0.1, -0.05) is 11.9 Å². The molecule has 0 amide bonds. The van der Waals surface area contributed by atoms with E-state index in [1.165, 1.54) is 13.2 Å². The number of piperidine rings is 1. The van der Waals surface area contributed by atoms with Gasteiger partial charge in [-0.3, -0.25) is 8.99 Å². The second-order valence-electron chi connectivity index (χ2n) is 7.84. The molecule has 0 atom stereocenters. The standard InChI is InChI=1S/C23H23F2N5OS/c1-31-22-18(8-16(24)9-21(22)25)20-12-27-23-19(20)7-14(10-26-23)15-11-28-30(13-15)17-3-5-29(32-2)6-4-17/h7-13,17H,3-6H2,1-2H3,(H,26,27). The second-order valence-corrected chi connectivity index (χ2v) is 8.72. The van der Waals surface area contributed by atoms with E-state index in [0.29, 0.717) is 22.8 Å². The zero-order valence-corrected chi connectivity index (χ0v) is 18.6. The molecule has 1 aromatic carbocycles. The molecule has 0 aliphatic carbocycles. The number of benzene rings is 1. The molecule has 0 unspecified atom stereocenters. The highest BCUT2D eigenvalue weighted by molar-refractivity contribution is 7.96. The van der Waals surface area contributed by atoms with E-state index in [4.69, 9.17) is 4.74 Å². The molecule has 3 aromatic heterocycles. The third-order valence-electron chi connectivity index (χ3n) is 6.02. The molecule has 5 rings (SSSR count). The van der Waals surface area contributed by atoms with Crippen LogP contribution in [-0.4, -0.2) is 50.5 Å². The molecule has 1 aliphatic rings. The SMILES string of the molecule is COc1c(F)cc(F)cc1-c1c[nH]c2ncc(-c3cnn(C4CCN(SC)CC4)c3)cc12. The lowest BCUT2D eigenvalue weighted by atomic mass is 10.0. The summed E-state index contributed by atoms with van der Waals surface area (Å²) < 4.78 is 37.9. The fourth-order valence-corrected chi connectivity index (χ4v) is 4.90. The molecule has 4 aromatic rings. The Bertz CT molecular complexity index is 1260. The summed E-state index contributed by atoms with van der Waals surface area (Å²) in [4.78, 5) is 7.60. The molecule has 6 nitrogen and oxygen atoms in total. The summed E-state index contributed by atoms with van der Waals surface area (Å²) in [5.74, 6) is -1.40. The Labute approximate surface area is 188 Å². The Balaban J connectivity index is 1.50. The normalized spacial score (nSPS) is 15.5. The van der Waals surface area contributed by atoms with Crippen LogP contribution in [0.3, 0.4) is 0 Å². The van der Waals surface area contributed by atoms with Crippen LogP contribution in [0.2, 0.25) is 0 Å². The minimum Gasteiger partial charge on any atom is -0.493 e. The van der Waals surface area contributed by atoms with Crippen molar-refractivity contribution in [3.8, 4) is 28.0 Å². The van der Waals surface area contributed by atoms with Crippen molar-refractivity contribution < 1.29 is 13.5 Å². The van der Waals surface area contributed by atoms with Crippen LogP contribution in [0, 0.1) is 11.6 Å². The first-order valence-electron chi connectivity index (χ1n) is 10.4. The molecule has 32 heavy (non-hydrogen) atoms. The van der Waals surface area contributed by atoms with Gasteiger partial charge < -0.3 is 9.72 Å². The summed E-state index contributed by atoms with van der Waals surface area (Å²) >= 11 is 1.79. The van der Waals surface area contributed by atoms with Gasteiger partial charge in [0.25, 0.3) is 0 Å². The number of nitrogens with zero attached hydrogens (tertiary/aromatic N) is 4. The predicted molar refractivity (Wildman–Crippen MR) is 123 cm³/mol. The molecule has 1 aliphatic heterocycles. The van der Waals surface area contributed by atoms with Crippen molar-refractivity contribution in [3.05, 3.63) is 54.6 Å². The first-order chi connectivity index (χ1) is 15.6. The number of hydrogen-bond acceptors (Lipinski definition) is 5. The van der Waals surface area contributed by atoms with Gasteiger partial charge in [-0.25, -0.2) is 13.8 Å². The minimum absolute atomic E-state index is 0.00195. The number of nitrogens with one attached hydrogen (secondary N) is 1. The van der Waals surface area contributed by atoms with E-state index in [0.717, 1.165) is 48.5 Å². The molecule has 0 spiro atoms. The van der Waals surface area contributed by atoms with Crippen LogP contribution in [0.1, 0.15) is 18.9 Å². The molecule has 0 saturated carbocycles. The summed E-state index contributed by atoms with van der Waals surface area (Å²) in [5.41, 5.74) is 3.44. The van der Waals surface area contributed by atoms with Crippen LogP contribution in [0.5, 0.6) is 5.75 Å². The van der Waals surface area contributed by atoms with Crippen LogP contribution >= 0.6 is 11.9 Å². The average Bonchev–Trinajstić information content (AvgIpc) is 3.46. The zero-order chi connectivity index (χ0) is 22.2. The van der Waals surface area contributed by atoms with Crippen LogP contribution < -0.4 is 4.74 Å². The number of rotatable bonds is 5. The number of halogens is 2. The Kier molecular flexibility index (Phi) is 5.60. The number of fused-ring (bicyclic) bond motifs is 1. The predicted octanol–water partition coefficient (Wildman–Crippen LogP) is 5.30. The van der Waals surface area contributed by atoms with Crippen LogP contribution in [0.15, 0.2) is 43.0 Å². The lowest BCUT2D eigenvalue weighted by Crippen LogP contribution is -2.29. The van der Waals surface area contributed by atoms with Gasteiger partial charge in [-0.15, -0.1) is 0 Å². The molecule has 166 valence electrons. The first-order valence-corrected chi connectivity index (χ1v) is 11.6. The lowest BCUT2D eigenvalue weighted by Gasteiger charge is -2.30. The van der Waals surface area contributed by atoms with Gasteiger partial charge in [0.05, 0.1) is 19.3 Å². The van der Waals surface area contributed by atoms with Crippen molar-refractivity contribution in [3.63, 3.8) is 0 Å². The maximum absolute atomic E-state index is 14.3. The molecule has 0 bridgehead atoms. The summed E-state index contributed by atoms with van der Waals surface area (Å²) in [7, 11) is 1.37. The Morgan fingerprint density at radius 3 is 2.66 bits per heavy atom. The fraction of sp³-hybridized carbons (Fsp3) is 0.304. The molecule has 1 N–H and O–H groups in total. The lowest BCUT2D eigenvalue weighted by molar-refractivity contribution is 0.276. The van der Waals surface area contributed by atoms with Crippen molar-refractivity contribution in [1.29, 1.82) is 0 Å². The van der Waals surface area contributed by atoms with Gasteiger partial charge in [0, 0.05) is 65.4 Å². The number of aromatic nitrogens is 4. The summed E-state index contributed by atoms with van der Waals surface area (Å²) in [6.07, 6.45) is 11.6. The second kappa shape index (κ2) is 8.55. The molecule has 0 radical (unpaired) electrons. The van der Waals surface area contributed by atoms with Crippen LogP contribution in [0.4, 0.5) is 8.78 Å². The topological polar surface area (TPSA) is 59.0 Å². The van der Waals surface area contributed by atoms with Crippen LogP contribution in [-0.2, 0) is 0 Å². The number of pyridine rings is 1. The molecular weight excluding hydrogens is 432 g/mol. The maximum Gasteiger partial charge on any atom is 0.168 e.